The van der Waals surface area contributed by atoms with E-state index in [1.54, 1.807) is 43.5 Å². The van der Waals surface area contributed by atoms with Crippen LogP contribution >= 0.6 is 0 Å². The van der Waals surface area contributed by atoms with Gasteiger partial charge in [-0.25, -0.2) is 0 Å². The lowest BCUT2D eigenvalue weighted by molar-refractivity contribution is -0.117. The number of amides is 2. The van der Waals surface area contributed by atoms with Gasteiger partial charge in [-0.1, -0.05) is 13.0 Å². The van der Waals surface area contributed by atoms with Gasteiger partial charge in [0.2, 0.25) is 5.91 Å². The molecule has 1 N–H and O–H groups in total. The first-order valence-electron chi connectivity index (χ1n) is 12.3. The number of anilines is 1. The summed E-state index contributed by atoms with van der Waals surface area (Å²) in [4.78, 5) is 34.0. The summed E-state index contributed by atoms with van der Waals surface area (Å²) < 4.78 is 12.1. The maximum absolute atomic E-state index is 13.5. The second-order valence-electron chi connectivity index (χ2n) is 9.86. The van der Waals surface area contributed by atoms with Crippen molar-refractivity contribution in [2.75, 3.05) is 39.2 Å². The summed E-state index contributed by atoms with van der Waals surface area (Å²) in [5, 5.41) is 2.94. The SMILES string of the molecule is CO[C@H]1CN(C)C(=O)c2cc(NC(=O)C3CC3)ccc2OC[C@H](C)N(Cc2cccnc2)C[C@H]1C. The molecule has 0 saturated heterocycles. The van der Waals surface area contributed by atoms with E-state index in [1.165, 1.54) is 0 Å². The van der Waals surface area contributed by atoms with Crippen LogP contribution in [0.5, 0.6) is 5.75 Å². The first-order chi connectivity index (χ1) is 16.9. The molecular weight excluding hydrogens is 444 g/mol. The smallest absolute Gasteiger partial charge is 0.257 e. The minimum atomic E-state index is -0.155. The molecule has 2 heterocycles. The molecule has 188 valence electrons. The van der Waals surface area contributed by atoms with Gasteiger partial charge in [-0.05, 0) is 55.5 Å². The Balaban J connectivity index is 1.61. The Hall–Kier alpha value is -2.97. The molecule has 0 spiro atoms. The van der Waals surface area contributed by atoms with Crippen molar-refractivity contribution >= 4 is 17.5 Å². The average molecular weight is 481 g/mol. The average Bonchev–Trinajstić information content (AvgIpc) is 3.71. The molecule has 35 heavy (non-hydrogen) atoms. The maximum atomic E-state index is 13.5. The second-order valence-corrected chi connectivity index (χ2v) is 9.86. The lowest BCUT2D eigenvalue weighted by atomic mass is 10.0. The van der Waals surface area contributed by atoms with E-state index >= 15 is 0 Å². The molecule has 4 rings (SSSR count). The van der Waals surface area contributed by atoms with E-state index in [0.29, 0.717) is 30.2 Å². The Morgan fingerprint density at radius 2 is 2.03 bits per heavy atom. The zero-order chi connectivity index (χ0) is 24.9. The molecule has 1 saturated carbocycles. The number of likely N-dealkylation sites (N-methyl/N-ethyl adjacent to an activating group) is 1. The molecule has 0 bridgehead atoms. The molecule has 1 aromatic heterocycles. The first kappa shape index (κ1) is 25.1. The first-order valence-corrected chi connectivity index (χ1v) is 12.3. The van der Waals surface area contributed by atoms with Crippen molar-refractivity contribution < 1.29 is 19.1 Å². The zero-order valence-corrected chi connectivity index (χ0v) is 21.1. The van der Waals surface area contributed by atoms with E-state index < -0.39 is 0 Å². The van der Waals surface area contributed by atoms with Crippen LogP contribution in [0.15, 0.2) is 42.7 Å². The number of fused-ring (bicyclic) bond motifs is 1. The molecule has 1 aliphatic carbocycles. The molecule has 8 heteroatoms. The van der Waals surface area contributed by atoms with Crippen LogP contribution in [-0.2, 0) is 16.1 Å². The number of hydrogen-bond acceptors (Lipinski definition) is 6. The van der Waals surface area contributed by atoms with Gasteiger partial charge in [0, 0.05) is 63.8 Å². The van der Waals surface area contributed by atoms with Crippen molar-refractivity contribution in [1.29, 1.82) is 0 Å². The van der Waals surface area contributed by atoms with Crippen LogP contribution in [0.4, 0.5) is 5.69 Å². The molecule has 2 aromatic rings. The number of benzene rings is 1. The van der Waals surface area contributed by atoms with Gasteiger partial charge in [0.1, 0.15) is 12.4 Å². The lowest BCUT2D eigenvalue weighted by Gasteiger charge is -2.36. The molecule has 1 fully saturated rings. The number of carbonyl (C=O) groups is 2. The van der Waals surface area contributed by atoms with Crippen molar-refractivity contribution in [1.82, 2.24) is 14.8 Å². The summed E-state index contributed by atoms with van der Waals surface area (Å²) in [6.07, 6.45) is 5.38. The van der Waals surface area contributed by atoms with E-state index in [4.69, 9.17) is 9.47 Å². The molecule has 2 aliphatic rings. The van der Waals surface area contributed by atoms with Gasteiger partial charge in [-0.3, -0.25) is 19.5 Å². The minimum Gasteiger partial charge on any atom is -0.491 e. The van der Waals surface area contributed by atoms with Crippen molar-refractivity contribution in [3.8, 4) is 5.75 Å². The van der Waals surface area contributed by atoms with E-state index in [0.717, 1.165) is 31.5 Å². The number of pyridine rings is 1. The summed E-state index contributed by atoms with van der Waals surface area (Å²) in [6, 6.07) is 9.42. The van der Waals surface area contributed by atoms with E-state index in [1.807, 2.05) is 12.3 Å². The molecular formula is C27H36N4O4. The fourth-order valence-corrected chi connectivity index (χ4v) is 4.47. The Kier molecular flexibility index (Phi) is 8.03. The van der Waals surface area contributed by atoms with Crippen molar-refractivity contribution in [3.05, 3.63) is 53.9 Å². The molecule has 3 atom stereocenters. The number of rotatable bonds is 5. The van der Waals surface area contributed by atoms with Crippen molar-refractivity contribution in [2.45, 2.75) is 45.4 Å². The number of nitrogens with one attached hydrogen (secondary N) is 1. The van der Waals surface area contributed by atoms with E-state index in [-0.39, 0.29) is 35.8 Å². The molecule has 8 nitrogen and oxygen atoms in total. The number of ether oxygens (including phenoxy) is 2. The zero-order valence-electron chi connectivity index (χ0n) is 21.1. The summed E-state index contributed by atoms with van der Waals surface area (Å²) in [6.45, 7) is 6.69. The fourth-order valence-electron chi connectivity index (χ4n) is 4.47. The highest BCUT2D eigenvalue weighted by Crippen LogP contribution is 2.31. The lowest BCUT2D eigenvalue weighted by Crippen LogP contribution is -2.46. The molecule has 2 amide bonds. The van der Waals surface area contributed by atoms with Crippen LogP contribution in [0.2, 0.25) is 0 Å². The van der Waals surface area contributed by atoms with E-state index in [9.17, 15) is 9.59 Å². The third kappa shape index (κ3) is 6.38. The number of carbonyl (C=O) groups excluding carboxylic acids is 2. The maximum Gasteiger partial charge on any atom is 0.257 e. The topological polar surface area (TPSA) is 84.0 Å². The number of hydrogen-bond donors (Lipinski definition) is 1. The number of aromatic nitrogens is 1. The third-order valence-corrected chi connectivity index (χ3v) is 6.90. The largest absolute Gasteiger partial charge is 0.491 e. The van der Waals surface area contributed by atoms with Crippen LogP contribution in [0.25, 0.3) is 0 Å². The van der Waals surface area contributed by atoms with Crippen LogP contribution < -0.4 is 10.1 Å². The molecule has 1 aliphatic heterocycles. The predicted molar refractivity (Wildman–Crippen MR) is 134 cm³/mol. The van der Waals surface area contributed by atoms with Gasteiger partial charge in [-0.15, -0.1) is 0 Å². The third-order valence-electron chi connectivity index (χ3n) is 6.90. The van der Waals surface area contributed by atoms with Gasteiger partial charge in [0.25, 0.3) is 5.91 Å². The highest BCUT2D eigenvalue weighted by atomic mass is 16.5. The van der Waals surface area contributed by atoms with Crippen molar-refractivity contribution in [2.24, 2.45) is 11.8 Å². The van der Waals surface area contributed by atoms with E-state index in [2.05, 4.69) is 35.1 Å². The fraction of sp³-hybridized carbons (Fsp3) is 0.519. The highest BCUT2D eigenvalue weighted by molar-refractivity contribution is 6.00. The quantitative estimate of drug-likeness (QED) is 0.706. The molecule has 0 unspecified atom stereocenters. The van der Waals surface area contributed by atoms with Crippen LogP contribution in [0.1, 0.15) is 42.6 Å². The van der Waals surface area contributed by atoms with Crippen molar-refractivity contribution in [3.63, 3.8) is 0 Å². The Morgan fingerprint density at radius 1 is 1.23 bits per heavy atom. The summed E-state index contributed by atoms with van der Waals surface area (Å²) in [5.41, 5.74) is 2.19. The normalized spacial score (nSPS) is 24.1. The van der Waals surface area contributed by atoms with Crippen LogP contribution in [-0.4, -0.2) is 72.6 Å². The predicted octanol–water partition coefficient (Wildman–Crippen LogP) is 3.44. The number of methoxy groups -OCH3 is 1. The van der Waals surface area contributed by atoms with Gasteiger partial charge < -0.3 is 19.7 Å². The Bertz CT molecular complexity index is 1030. The standard InChI is InChI=1S/C27H36N4O4/c1-18-14-31(15-20-6-5-11-28-13-20)19(2)17-35-24-10-9-22(29-26(32)21-7-8-21)12-23(24)27(33)30(3)16-25(18)34-4/h5-6,9-13,18-19,21,25H,7-8,14-17H2,1-4H3,(H,29,32)/t18-,19+,25+/m1/s1. The summed E-state index contributed by atoms with van der Waals surface area (Å²) in [7, 11) is 3.48. The van der Waals surface area contributed by atoms with Gasteiger partial charge >= 0.3 is 0 Å². The second kappa shape index (κ2) is 11.2. The van der Waals surface area contributed by atoms with Crippen LogP contribution in [0, 0.1) is 11.8 Å². The van der Waals surface area contributed by atoms with Gasteiger partial charge in [0.05, 0.1) is 11.7 Å². The number of nitrogens with zero attached hydrogens (tertiary/aromatic N) is 3. The Morgan fingerprint density at radius 3 is 2.71 bits per heavy atom. The minimum absolute atomic E-state index is 0.00719. The summed E-state index contributed by atoms with van der Waals surface area (Å²) >= 11 is 0. The Labute approximate surface area is 207 Å². The molecule has 0 radical (unpaired) electrons. The summed E-state index contributed by atoms with van der Waals surface area (Å²) in [5.74, 6) is 0.630. The van der Waals surface area contributed by atoms with Gasteiger partial charge in [0.15, 0.2) is 0 Å². The highest BCUT2D eigenvalue weighted by Gasteiger charge is 2.31. The monoisotopic (exact) mass is 480 g/mol. The molecule has 1 aromatic carbocycles. The van der Waals surface area contributed by atoms with Crippen LogP contribution in [0.3, 0.4) is 0 Å². The van der Waals surface area contributed by atoms with Gasteiger partial charge in [-0.2, -0.15) is 0 Å².